The quantitative estimate of drug-likeness (QED) is 0.156. The van der Waals surface area contributed by atoms with Crippen molar-refractivity contribution < 1.29 is 28.6 Å². The van der Waals surface area contributed by atoms with Gasteiger partial charge in [0.05, 0.1) is 17.8 Å². The van der Waals surface area contributed by atoms with E-state index in [0.717, 1.165) is 28.9 Å². The molecule has 1 saturated carbocycles. The van der Waals surface area contributed by atoms with Gasteiger partial charge in [-0.2, -0.15) is 0 Å². The Bertz CT molecular complexity index is 1510. The molecule has 44 heavy (non-hydrogen) atoms. The highest BCUT2D eigenvalue weighted by molar-refractivity contribution is 5.92. The summed E-state index contributed by atoms with van der Waals surface area (Å²) in [4.78, 5) is 42.2. The molecule has 3 unspecified atom stereocenters. The van der Waals surface area contributed by atoms with Gasteiger partial charge in [-0.3, -0.25) is 14.4 Å². The monoisotopic (exact) mass is 591 g/mol. The van der Waals surface area contributed by atoms with E-state index >= 15 is 0 Å². The molecular weight excluding hydrogens is 554 g/mol. The highest BCUT2D eigenvalue weighted by atomic mass is 16.5. The lowest BCUT2D eigenvalue weighted by Crippen LogP contribution is -2.54. The van der Waals surface area contributed by atoms with Crippen LogP contribution >= 0.6 is 0 Å². The Labute approximate surface area is 258 Å². The molecule has 0 spiro atoms. The lowest BCUT2D eigenvalue weighted by atomic mass is 9.64. The topological polar surface area (TPSA) is 82.1 Å². The van der Waals surface area contributed by atoms with Crippen molar-refractivity contribution in [3.8, 4) is 11.5 Å². The number of carbonyl (C=O) groups excluding carboxylic acids is 3. The van der Waals surface area contributed by atoms with Crippen LogP contribution in [-0.4, -0.2) is 29.3 Å². The van der Waals surface area contributed by atoms with Crippen LogP contribution in [0.1, 0.15) is 36.5 Å². The Morgan fingerprint density at radius 1 is 0.636 bits per heavy atom. The molecule has 226 valence electrons. The smallest absolute Gasteiger partial charge is 0.310 e. The first-order valence-electron chi connectivity index (χ1n) is 15.0. The zero-order valence-electron chi connectivity index (χ0n) is 24.8. The van der Waals surface area contributed by atoms with Gasteiger partial charge in [0.15, 0.2) is 0 Å². The maximum absolute atomic E-state index is 13.9. The first kappa shape index (κ1) is 30.5. The van der Waals surface area contributed by atoms with Crippen molar-refractivity contribution in [3.05, 3.63) is 132 Å². The first-order chi connectivity index (χ1) is 21.5. The molecule has 0 aromatic heterocycles. The minimum absolute atomic E-state index is 0.0684. The number of ether oxygens (including phenoxy) is 3. The summed E-state index contributed by atoms with van der Waals surface area (Å²) in [6.07, 6.45) is 0.987. The number of nitrogens with zero attached hydrogens (tertiary/aromatic N) is 1. The molecule has 3 atom stereocenters. The molecule has 0 radical (unpaired) electrons. The third-order valence-electron chi connectivity index (χ3n) is 7.80. The first-order valence-corrected chi connectivity index (χ1v) is 15.0. The Hall–Kier alpha value is -4.91. The van der Waals surface area contributed by atoms with Gasteiger partial charge in [0.2, 0.25) is 5.91 Å². The Kier molecular flexibility index (Phi) is 10.4. The number of hydrogen-bond acceptors (Lipinski definition) is 6. The number of esters is 2. The van der Waals surface area contributed by atoms with E-state index in [1.807, 2.05) is 122 Å². The van der Waals surface area contributed by atoms with Crippen LogP contribution in [0.5, 0.6) is 11.5 Å². The van der Waals surface area contributed by atoms with Crippen LogP contribution in [-0.2, 0) is 43.6 Å². The predicted molar refractivity (Wildman–Crippen MR) is 166 cm³/mol. The van der Waals surface area contributed by atoms with Gasteiger partial charge in [-0.1, -0.05) is 97.9 Å². The summed E-state index contributed by atoms with van der Waals surface area (Å²) >= 11 is 0. The van der Waals surface area contributed by atoms with E-state index in [2.05, 4.69) is 0 Å². The second kappa shape index (κ2) is 15.0. The average molecular weight is 592 g/mol. The van der Waals surface area contributed by atoms with Crippen molar-refractivity contribution in [2.45, 2.75) is 39.5 Å². The van der Waals surface area contributed by atoms with Crippen LogP contribution in [0.25, 0.3) is 0 Å². The van der Waals surface area contributed by atoms with Gasteiger partial charge < -0.3 is 19.1 Å². The molecule has 1 aliphatic rings. The van der Waals surface area contributed by atoms with Crippen LogP contribution in [0, 0.1) is 17.8 Å². The summed E-state index contributed by atoms with van der Waals surface area (Å²) in [7, 11) is 0. The summed E-state index contributed by atoms with van der Waals surface area (Å²) < 4.78 is 17.1. The maximum Gasteiger partial charge on any atom is 0.310 e. The number of amides is 1. The van der Waals surface area contributed by atoms with Gasteiger partial charge in [-0.05, 0) is 53.8 Å². The van der Waals surface area contributed by atoms with E-state index in [-0.39, 0.29) is 25.5 Å². The van der Waals surface area contributed by atoms with Gasteiger partial charge in [0, 0.05) is 13.1 Å². The number of benzene rings is 4. The van der Waals surface area contributed by atoms with E-state index in [9.17, 15) is 14.4 Å². The van der Waals surface area contributed by atoms with E-state index in [1.54, 1.807) is 4.90 Å². The third kappa shape index (κ3) is 7.92. The summed E-state index contributed by atoms with van der Waals surface area (Å²) in [6.45, 7) is 3.08. The van der Waals surface area contributed by atoms with Gasteiger partial charge >= 0.3 is 11.9 Å². The lowest BCUT2D eigenvalue weighted by molar-refractivity contribution is -0.179. The van der Waals surface area contributed by atoms with Crippen LogP contribution in [0.3, 0.4) is 0 Å². The number of hydrogen-bond donors (Lipinski definition) is 0. The number of rotatable bonds is 13. The van der Waals surface area contributed by atoms with Crippen LogP contribution in [0.2, 0.25) is 0 Å². The minimum atomic E-state index is -0.907. The molecule has 1 aliphatic carbocycles. The normalized spacial score (nSPS) is 17.2. The van der Waals surface area contributed by atoms with Crippen molar-refractivity contribution in [1.29, 1.82) is 0 Å². The van der Waals surface area contributed by atoms with Crippen molar-refractivity contribution in [1.82, 2.24) is 4.90 Å². The second-order valence-corrected chi connectivity index (χ2v) is 11.0. The molecule has 0 bridgehead atoms. The molecule has 0 aliphatic heterocycles. The summed E-state index contributed by atoms with van der Waals surface area (Å²) in [5.41, 5.74) is 2.62. The van der Waals surface area contributed by atoms with E-state index in [1.165, 1.54) is 0 Å². The highest BCUT2D eigenvalue weighted by Crippen LogP contribution is 2.44. The predicted octanol–water partition coefficient (Wildman–Crippen LogP) is 6.96. The zero-order chi connectivity index (χ0) is 30.7. The van der Waals surface area contributed by atoms with E-state index in [4.69, 9.17) is 14.2 Å². The number of para-hydroxylation sites is 1. The lowest BCUT2D eigenvalue weighted by Gasteiger charge is -2.42. The largest absolute Gasteiger partial charge is 0.461 e. The van der Waals surface area contributed by atoms with Crippen LogP contribution < -0.4 is 4.74 Å². The van der Waals surface area contributed by atoms with Crippen molar-refractivity contribution in [2.75, 3.05) is 6.54 Å². The third-order valence-corrected chi connectivity index (χ3v) is 7.80. The Balaban J connectivity index is 1.27. The second-order valence-electron chi connectivity index (χ2n) is 11.0. The number of carbonyl (C=O) groups is 3. The molecule has 0 heterocycles. The molecule has 1 fully saturated rings. The maximum atomic E-state index is 13.9. The van der Waals surface area contributed by atoms with Crippen molar-refractivity contribution in [2.24, 2.45) is 17.8 Å². The summed E-state index contributed by atoms with van der Waals surface area (Å²) in [5, 5.41) is 0. The van der Waals surface area contributed by atoms with Gasteiger partial charge in [-0.15, -0.1) is 0 Å². The SMILES string of the molecule is CCCN(Cc1ccc(Oc2ccccc2)cc1)C(=O)C1CC(C(=O)OCc2ccccc2)C1C(=O)OCc1ccccc1. The van der Waals surface area contributed by atoms with Gasteiger partial charge in [-0.25, -0.2) is 0 Å². The molecule has 7 nitrogen and oxygen atoms in total. The van der Waals surface area contributed by atoms with Gasteiger partial charge in [0.25, 0.3) is 0 Å². The standard InChI is InChI=1S/C37H37NO6/c1-2-22-38(24-27-18-20-31(21-19-27)44-30-16-10-5-11-17-30)35(39)32-23-33(36(40)42-25-28-12-6-3-7-13-28)34(32)37(41)43-26-29-14-8-4-9-15-29/h3-21,32-34H,2,22-26H2,1H3. The van der Waals surface area contributed by atoms with E-state index in [0.29, 0.717) is 18.8 Å². The summed E-state index contributed by atoms with van der Waals surface area (Å²) in [5.74, 6) is -2.08. The fraction of sp³-hybridized carbons (Fsp3) is 0.270. The van der Waals surface area contributed by atoms with E-state index < -0.39 is 29.7 Å². The minimum Gasteiger partial charge on any atom is -0.461 e. The summed E-state index contributed by atoms with van der Waals surface area (Å²) in [6, 6.07) is 35.9. The van der Waals surface area contributed by atoms with Crippen molar-refractivity contribution >= 4 is 17.8 Å². The highest BCUT2D eigenvalue weighted by Gasteiger charge is 2.55. The molecule has 7 heteroatoms. The fourth-order valence-electron chi connectivity index (χ4n) is 5.42. The molecular formula is C37H37NO6. The Morgan fingerprint density at radius 2 is 1.16 bits per heavy atom. The molecule has 0 saturated heterocycles. The molecule has 1 amide bonds. The average Bonchev–Trinajstić information content (AvgIpc) is 3.04. The fourth-order valence-corrected chi connectivity index (χ4v) is 5.42. The van der Waals surface area contributed by atoms with Crippen LogP contribution in [0.15, 0.2) is 115 Å². The molecule has 5 rings (SSSR count). The molecule has 4 aromatic carbocycles. The molecule has 4 aromatic rings. The van der Waals surface area contributed by atoms with Crippen molar-refractivity contribution in [3.63, 3.8) is 0 Å². The Morgan fingerprint density at radius 3 is 1.73 bits per heavy atom. The zero-order valence-corrected chi connectivity index (χ0v) is 24.8. The molecule has 0 N–H and O–H groups in total. The van der Waals surface area contributed by atoms with Crippen LogP contribution in [0.4, 0.5) is 0 Å². The van der Waals surface area contributed by atoms with Gasteiger partial charge in [0.1, 0.15) is 24.7 Å².